The Hall–Kier alpha value is -0.0100. The molecule has 0 aliphatic carbocycles. The van der Waals surface area contributed by atoms with E-state index in [1.165, 1.54) is 89.9 Å². The minimum absolute atomic E-state index is 0.0759. The molecule has 0 saturated carbocycles. The number of hydrogen-bond donors (Lipinski definition) is 1. The molecule has 1 heterocycles. The van der Waals surface area contributed by atoms with Gasteiger partial charge in [0.1, 0.15) is 6.10 Å². The van der Waals surface area contributed by atoms with Crippen molar-refractivity contribution in [3.8, 4) is 0 Å². The summed E-state index contributed by atoms with van der Waals surface area (Å²) in [4.78, 5) is 13.9. The number of phosphoric acid groups is 1. The van der Waals surface area contributed by atoms with Crippen molar-refractivity contribution in [2.45, 2.75) is 129 Å². The molecule has 8 heteroatoms. The predicted octanol–water partition coefficient (Wildman–Crippen LogP) is 6.22. The SMILES string of the molecule is CCCCCCCCCCCCCCCCCCOCC(O)COP(=O)([O-])OCCN1CCCC1. The normalized spacial score (nSPS) is 17.1. The van der Waals surface area contributed by atoms with E-state index in [9.17, 15) is 14.6 Å². The van der Waals surface area contributed by atoms with Gasteiger partial charge in [-0.05, 0) is 32.4 Å². The van der Waals surface area contributed by atoms with Crippen LogP contribution >= 0.6 is 7.82 Å². The minimum Gasteiger partial charge on any atom is -0.756 e. The van der Waals surface area contributed by atoms with Gasteiger partial charge in [-0.3, -0.25) is 4.57 Å². The quantitative estimate of drug-likeness (QED) is 0.107. The van der Waals surface area contributed by atoms with Gasteiger partial charge in [0.25, 0.3) is 7.82 Å². The van der Waals surface area contributed by atoms with Crippen molar-refractivity contribution in [1.82, 2.24) is 4.90 Å². The molecular weight excluding hydrogens is 465 g/mol. The van der Waals surface area contributed by atoms with E-state index >= 15 is 0 Å². The monoisotopic (exact) mass is 520 g/mol. The number of nitrogens with zero attached hydrogens (tertiary/aromatic N) is 1. The van der Waals surface area contributed by atoms with Crippen LogP contribution in [0.3, 0.4) is 0 Å². The van der Waals surface area contributed by atoms with Crippen molar-refractivity contribution in [1.29, 1.82) is 0 Å². The molecule has 0 aromatic rings. The van der Waals surface area contributed by atoms with Crippen molar-refractivity contribution in [2.24, 2.45) is 0 Å². The molecule has 2 atom stereocenters. The molecule has 210 valence electrons. The third-order valence-corrected chi connectivity index (χ3v) is 7.70. The first-order chi connectivity index (χ1) is 17.0. The first-order valence-corrected chi connectivity index (χ1v) is 16.1. The number of rotatable bonds is 26. The summed E-state index contributed by atoms with van der Waals surface area (Å²) in [6.07, 6.45) is 22.6. The molecule has 1 aliphatic heterocycles. The lowest BCUT2D eigenvalue weighted by molar-refractivity contribution is -0.227. The Morgan fingerprint density at radius 2 is 1.23 bits per heavy atom. The van der Waals surface area contributed by atoms with Gasteiger partial charge >= 0.3 is 0 Å². The molecule has 7 nitrogen and oxygen atoms in total. The summed E-state index contributed by atoms with van der Waals surface area (Å²) in [5.74, 6) is 0. The zero-order valence-corrected chi connectivity index (χ0v) is 23.5. The lowest BCUT2D eigenvalue weighted by Crippen LogP contribution is -2.26. The van der Waals surface area contributed by atoms with Gasteiger partial charge in [0.2, 0.25) is 0 Å². The molecule has 0 amide bonds. The third kappa shape index (κ3) is 21.8. The molecule has 1 aliphatic rings. The van der Waals surface area contributed by atoms with E-state index in [1.807, 2.05) is 0 Å². The number of unbranched alkanes of at least 4 members (excludes halogenated alkanes) is 15. The molecular formula is C27H55NO6P-. The number of ether oxygens (including phenoxy) is 1. The fourth-order valence-electron chi connectivity index (χ4n) is 4.52. The summed E-state index contributed by atoms with van der Waals surface area (Å²) in [5.41, 5.74) is 0. The molecule has 2 unspecified atom stereocenters. The first kappa shape index (κ1) is 33.0. The topological polar surface area (TPSA) is 91.3 Å². The highest BCUT2D eigenvalue weighted by molar-refractivity contribution is 7.45. The largest absolute Gasteiger partial charge is 0.756 e. The number of aliphatic hydroxyl groups is 1. The van der Waals surface area contributed by atoms with Crippen LogP contribution in [-0.2, 0) is 18.3 Å². The maximum Gasteiger partial charge on any atom is 0.268 e. The zero-order chi connectivity index (χ0) is 25.5. The van der Waals surface area contributed by atoms with Crippen molar-refractivity contribution in [3.05, 3.63) is 0 Å². The lowest BCUT2D eigenvalue weighted by Gasteiger charge is -2.25. The maximum atomic E-state index is 11.8. The summed E-state index contributed by atoms with van der Waals surface area (Å²) < 4.78 is 26.9. The van der Waals surface area contributed by atoms with Crippen LogP contribution < -0.4 is 4.89 Å². The molecule has 0 aromatic carbocycles. The Kier molecular flexibility index (Phi) is 21.8. The van der Waals surface area contributed by atoms with E-state index < -0.39 is 13.9 Å². The van der Waals surface area contributed by atoms with Gasteiger partial charge in [-0.25, -0.2) is 0 Å². The van der Waals surface area contributed by atoms with E-state index in [2.05, 4.69) is 11.8 Å². The second-order valence-electron chi connectivity index (χ2n) is 10.2. The van der Waals surface area contributed by atoms with Gasteiger partial charge in [-0.15, -0.1) is 0 Å². The van der Waals surface area contributed by atoms with Crippen LogP contribution in [0.25, 0.3) is 0 Å². The molecule has 1 N–H and O–H groups in total. The van der Waals surface area contributed by atoms with Crippen molar-refractivity contribution in [2.75, 3.05) is 46.1 Å². The molecule has 35 heavy (non-hydrogen) atoms. The van der Waals surface area contributed by atoms with Gasteiger partial charge in [0, 0.05) is 13.2 Å². The summed E-state index contributed by atoms with van der Waals surface area (Å²) in [6.45, 7) is 5.25. The van der Waals surface area contributed by atoms with Crippen molar-refractivity contribution >= 4 is 7.82 Å². The Morgan fingerprint density at radius 3 is 1.74 bits per heavy atom. The highest BCUT2D eigenvalue weighted by Gasteiger charge is 2.16. The Morgan fingerprint density at radius 1 is 0.743 bits per heavy atom. The summed E-state index contributed by atoms with van der Waals surface area (Å²) >= 11 is 0. The standard InChI is InChI=1S/C27H56NO6P/c1-2-3-4-5-6-7-8-9-10-11-12-13-14-15-16-19-23-32-25-27(29)26-34-35(30,31)33-24-22-28-20-17-18-21-28/h27,29H,2-26H2,1H3,(H,30,31)/p-1. The lowest BCUT2D eigenvalue weighted by atomic mass is 10.0. The minimum atomic E-state index is -4.37. The van der Waals surface area contributed by atoms with Gasteiger partial charge in [0.05, 0.1) is 19.8 Å². The fourth-order valence-corrected chi connectivity index (χ4v) is 5.26. The molecule has 0 aromatic heterocycles. The first-order valence-electron chi connectivity index (χ1n) is 14.6. The van der Waals surface area contributed by atoms with Crippen molar-refractivity contribution < 1.29 is 28.3 Å². The number of aliphatic hydroxyl groups excluding tert-OH is 1. The van der Waals surface area contributed by atoms with Crippen LogP contribution in [0, 0.1) is 0 Å². The van der Waals surface area contributed by atoms with Crippen molar-refractivity contribution in [3.63, 3.8) is 0 Å². The zero-order valence-electron chi connectivity index (χ0n) is 22.6. The van der Waals surface area contributed by atoms with E-state index in [0.717, 1.165) is 38.8 Å². The Bertz CT molecular complexity index is 504. The summed E-state index contributed by atoms with van der Waals surface area (Å²) in [6, 6.07) is 0. The second-order valence-corrected chi connectivity index (χ2v) is 11.6. The number of likely N-dealkylation sites (tertiary alicyclic amines) is 1. The van der Waals surface area contributed by atoms with Crippen LogP contribution in [0.1, 0.15) is 122 Å². The maximum absolute atomic E-state index is 11.8. The summed E-state index contributed by atoms with van der Waals surface area (Å²) in [7, 11) is -4.37. The Balaban J connectivity index is 1.78. The van der Waals surface area contributed by atoms with E-state index in [4.69, 9.17) is 13.8 Å². The predicted molar refractivity (Wildman–Crippen MR) is 142 cm³/mol. The van der Waals surface area contributed by atoms with E-state index in [0.29, 0.717) is 13.2 Å². The summed E-state index contributed by atoms with van der Waals surface area (Å²) in [5, 5.41) is 9.87. The van der Waals surface area contributed by atoms with Crippen LogP contribution in [-0.4, -0.2) is 62.2 Å². The second kappa shape index (κ2) is 23.1. The van der Waals surface area contributed by atoms with Crippen LogP contribution in [0.5, 0.6) is 0 Å². The highest BCUT2D eigenvalue weighted by Crippen LogP contribution is 2.38. The molecule has 1 rings (SSSR count). The van der Waals surface area contributed by atoms with Crippen LogP contribution in [0.2, 0.25) is 0 Å². The van der Waals surface area contributed by atoms with E-state index in [1.54, 1.807) is 0 Å². The average molecular weight is 521 g/mol. The van der Waals surface area contributed by atoms with E-state index in [-0.39, 0.29) is 19.8 Å². The fraction of sp³-hybridized carbons (Fsp3) is 1.00. The molecule has 0 bridgehead atoms. The van der Waals surface area contributed by atoms with Gasteiger partial charge in [-0.2, -0.15) is 0 Å². The van der Waals surface area contributed by atoms with Crippen LogP contribution in [0.4, 0.5) is 0 Å². The smallest absolute Gasteiger partial charge is 0.268 e. The van der Waals surface area contributed by atoms with Crippen LogP contribution in [0.15, 0.2) is 0 Å². The number of phosphoric ester groups is 1. The Labute approximate surface area is 215 Å². The van der Waals surface area contributed by atoms with Gasteiger partial charge < -0.3 is 28.7 Å². The molecule has 1 fully saturated rings. The highest BCUT2D eigenvalue weighted by atomic mass is 31.2. The molecule has 0 spiro atoms. The number of hydrogen-bond acceptors (Lipinski definition) is 7. The third-order valence-electron chi connectivity index (χ3n) is 6.73. The molecule has 0 radical (unpaired) electrons. The van der Waals surface area contributed by atoms with Gasteiger partial charge in [-0.1, -0.05) is 103 Å². The average Bonchev–Trinajstić information content (AvgIpc) is 3.35. The van der Waals surface area contributed by atoms with Gasteiger partial charge in [0.15, 0.2) is 0 Å². The molecule has 1 saturated heterocycles.